The third-order valence-electron chi connectivity index (χ3n) is 2.84. The number of hydrogen-bond acceptors (Lipinski definition) is 6. The molecule has 0 spiro atoms. The van der Waals surface area contributed by atoms with Crippen LogP contribution in [0.4, 0.5) is 13.2 Å². The number of rotatable bonds is 2. The van der Waals surface area contributed by atoms with Crippen LogP contribution in [0.1, 0.15) is 25.2 Å². The minimum absolute atomic E-state index is 0.276. The Labute approximate surface area is 122 Å². The van der Waals surface area contributed by atoms with E-state index in [9.17, 15) is 21.6 Å². The van der Waals surface area contributed by atoms with Crippen LogP contribution < -0.4 is 0 Å². The van der Waals surface area contributed by atoms with Gasteiger partial charge in [-0.2, -0.15) is 8.78 Å². The van der Waals surface area contributed by atoms with Crippen molar-refractivity contribution in [3.05, 3.63) is 11.4 Å². The molecule has 0 saturated carbocycles. The number of sulfone groups is 1. The smallest absolute Gasteiger partial charge is 0.385 e. The average molecular weight is 347 g/mol. The summed E-state index contributed by atoms with van der Waals surface area (Å²) in [5.74, 6) is 0. The van der Waals surface area contributed by atoms with E-state index in [1.165, 1.54) is 13.8 Å². The zero-order valence-corrected chi connectivity index (χ0v) is 12.6. The van der Waals surface area contributed by atoms with Crippen LogP contribution in [-0.4, -0.2) is 39.7 Å². The van der Waals surface area contributed by atoms with Crippen molar-refractivity contribution in [3.8, 4) is 0 Å². The number of oxime groups is 1. The quantitative estimate of drug-likeness (QED) is 0.810. The third-order valence-corrected chi connectivity index (χ3v) is 4.70. The summed E-state index contributed by atoms with van der Waals surface area (Å²) in [5, 5.41) is 3.45. The highest BCUT2D eigenvalue weighted by molar-refractivity contribution is 8.07. The van der Waals surface area contributed by atoms with Gasteiger partial charge in [-0.3, -0.25) is 0 Å². The standard InChI is InChI=1S/C9H10ClF3N4O3S/c1-4-6(15-17(10)14-4)9(12,13)21(18,19)7-5(11)8(2,3)20-16-7/h5H,1-3H3. The average Bonchev–Trinajstić information content (AvgIpc) is 2.80. The van der Waals surface area contributed by atoms with Crippen molar-refractivity contribution in [1.29, 1.82) is 0 Å². The maximum atomic E-state index is 14.2. The maximum absolute atomic E-state index is 14.2. The Hall–Kier alpha value is -1.36. The zero-order chi connectivity index (χ0) is 16.2. The SMILES string of the molecule is Cc1nn(Cl)nc1C(F)(F)S(=O)(=O)C1=NOC(C)(C)C1F. The zero-order valence-electron chi connectivity index (χ0n) is 11.0. The third kappa shape index (κ3) is 2.27. The van der Waals surface area contributed by atoms with Gasteiger partial charge in [-0.1, -0.05) is 9.47 Å². The lowest BCUT2D eigenvalue weighted by atomic mass is 10.1. The van der Waals surface area contributed by atoms with Crippen molar-refractivity contribution in [3.63, 3.8) is 0 Å². The molecular weight excluding hydrogens is 337 g/mol. The van der Waals surface area contributed by atoms with Gasteiger partial charge in [-0.05, 0) is 20.8 Å². The molecule has 21 heavy (non-hydrogen) atoms. The van der Waals surface area contributed by atoms with Gasteiger partial charge in [0.15, 0.2) is 17.5 Å². The number of nitrogens with zero attached hydrogens (tertiary/aromatic N) is 4. The number of halogens is 4. The Kier molecular flexibility index (Phi) is 3.48. The van der Waals surface area contributed by atoms with Crippen molar-refractivity contribution in [2.75, 3.05) is 0 Å². The fourth-order valence-corrected chi connectivity index (χ4v) is 3.20. The van der Waals surface area contributed by atoms with Gasteiger partial charge >= 0.3 is 5.25 Å². The molecule has 0 N–H and O–H groups in total. The van der Waals surface area contributed by atoms with E-state index in [1.807, 2.05) is 0 Å². The van der Waals surface area contributed by atoms with Crippen molar-refractivity contribution >= 4 is 26.7 Å². The highest BCUT2D eigenvalue weighted by Gasteiger charge is 2.59. The summed E-state index contributed by atoms with van der Waals surface area (Å²) in [7, 11) is -5.48. The lowest BCUT2D eigenvalue weighted by molar-refractivity contribution is -0.0232. The molecule has 12 heteroatoms. The Morgan fingerprint density at radius 1 is 1.38 bits per heavy atom. The van der Waals surface area contributed by atoms with Crippen molar-refractivity contribution < 1.29 is 26.4 Å². The van der Waals surface area contributed by atoms with Gasteiger partial charge in [-0.15, -0.1) is 10.2 Å². The highest BCUT2D eigenvalue weighted by Crippen LogP contribution is 2.40. The lowest BCUT2D eigenvalue weighted by Gasteiger charge is -2.19. The molecule has 0 amide bonds. The molecule has 1 aromatic heterocycles. The molecule has 0 aromatic carbocycles. The Morgan fingerprint density at radius 2 is 1.95 bits per heavy atom. The molecule has 1 unspecified atom stereocenters. The fraction of sp³-hybridized carbons (Fsp3) is 0.667. The summed E-state index contributed by atoms with van der Waals surface area (Å²) >= 11 is 5.29. The first kappa shape index (κ1) is 16.0. The highest BCUT2D eigenvalue weighted by atomic mass is 35.5. The molecule has 1 aliphatic heterocycles. The molecule has 1 aromatic rings. The summed E-state index contributed by atoms with van der Waals surface area (Å²) in [5.41, 5.74) is -3.26. The predicted octanol–water partition coefficient (Wildman–Crippen LogP) is 1.51. The topological polar surface area (TPSA) is 86.4 Å². The van der Waals surface area contributed by atoms with Crippen molar-refractivity contribution in [2.45, 2.75) is 37.8 Å². The molecule has 0 saturated heterocycles. The Balaban J connectivity index is 2.52. The molecule has 2 rings (SSSR count). The molecule has 0 bridgehead atoms. The summed E-state index contributed by atoms with van der Waals surface area (Å²) in [6.45, 7) is 3.46. The minimum atomic E-state index is -5.48. The van der Waals surface area contributed by atoms with E-state index in [4.69, 9.17) is 11.8 Å². The van der Waals surface area contributed by atoms with Crippen molar-refractivity contribution in [2.24, 2.45) is 5.16 Å². The Bertz CT molecular complexity index is 716. The molecule has 0 radical (unpaired) electrons. The maximum Gasteiger partial charge on any atom is 0.396 e. The fourth-order valence-electron chi connectivity index (χ4n) is 1.61. The second kappa shape index (κ2) is 4.57. The van der Waals surface area contributed by atoms with E-state index in [2.05, 4.69) is 20.2 Å². The predicted molar refractivity (Wildman–Crippen MR) is 66.3 cm³/mol. The van der Waals surface area contributed by atoms with E-state index >= 15 is 0 Å². The van der Waals surface area contributed by atoms with E-state index in [-0.39, 0.29) is 4.32 Å². The van der Waals surface area contributed by atoms with Crippen LogP contribution in [0.25, 0.3) is 0 Å². The number of aromatic nitrogens is 3. The van der Waals surface area contributed by atoms with Gasteiger partial charge in [0.2, 0.25) is 5.04 Å². The summed E-state index contributed by atoms with van der Waals surface area (Å²) in [6, 6.07) is 0. The first-order valence-corrected chi connectivity index (χ1v) is 7.36. The first-order chi connectivity index (χ1) is 9.41. The van der Waals surface area contributed by atoms with Gasteiger partial charge in [0.05, 0.1) is 17.5 Å². The normalized spacial score (nSPS) is 22.0. The first-order valence-electron chi connectivity index (χ1n) is 5.54. The number of alkyl halides is 3. The van der Waals surface area contributed by atoms with Crippen LogP contribution in [0.15, 0.2) is 5.16 Å². The summed E-state index contributed by atoms with van der Waals surface area (Å²) in [6.07, 6.45) is -2.33. The molecule has 0 fully saturated rings. The molecule has 1 aliphatic rings. The molecule has 1 atom stereocenters. The van der Waals surface area contributed by atoms with Gasteiger partial charge in [0.25, 0.3) is 9.84 Å². The van der Waals surface area contributed by atoms with Gasteiger partial charge in [0.1, 0.15) is 0 Å². The second-order valence-corrected chi connectivity index (χ2v) is 7.12. The van der Waals surface area contributed by atoms with Gasteiger partial charge < -0.3 is 4.84 Å². The molecule has 7 nitrogen and oxygen atoms in total. The van der Waals surface area contributed by atoms with Crippen LogP contribution in [0.2, 0.25) is 0 Å². The van der Waals surface area contributed by atoms with E-state index < -0.39 is 43.3 Å². The van der Waals surface area contributed by atoms with E-state index in [1.54, 1.807) is 0 Å². The molecule has 118 valence electrons. The number of hydrogen-bond donors (Lipinski definition) is 0. The number of aryl methyl sites for hydroxylation is 1. The van der Waals surface area contributed by atoms with Crippen LogP contribution in [0.5, 0.6) is 0 Å². The van der Waals surface area contributed by atoms with E-state index in [0.717, 1.165) is 6.92 Å². The largest absolute Gasteiger partial charge is 0.396 e. The molecule has 2 heterocycles. The Morgan fingerprint density at radius 3 is 2.33 bits per heavy atom. The van der Waals surface area contributed by atoms with E-state index in [0.29, 0.717) is 0 Å². The van der Waals surface area contributed by atoms with Crippen LogP contribution >= 0.6 is 11.8 Å². The lowest BCUT2D eigenvalue weighted by Crippen LogP contribution is -2.42. The second-order valence-electron chi connectivity index (χ2n) is 4.88. The summed E-state index contributed by atoms with van der Waals surface area (Å²) in [4.78, 5) is 4.55. The minimum Gasteiger partial charge on any atom is -0.385 e. The van der Waals surface area contributed by atoms with Crippen molar-refractivity contribution in [1.82, 2.24) is 14.5 Å². The molecule has 0 aliphatic carbocycles. The van der Waals surface area contributed by atoms with Crippen LogP contribution in [0, 0.1) is 6.92 Å². The van der Waals surface area contributed by atoms with Crippen LogP contribution in [-0.2, 0) is 19.9 Å². The summed E-state index contributed by atoms with van der Waals surface area (Å²) < 4.78 is 66.7. The monoisotopic (exact) mass is 346 g/mol. The van der Waals surface area contributed by atoms with Gasteiger partial charge in [-0.25, -0.2) is 12.8 Å². The molecular formula is C9H10ClF3N4O3S. The van der Waals surface area contributed by atoms with Crippen LogP contribution in [0.3, 0.4) is 0 Å². The van der Waals surface area contributed by atoms with Gasteiger partial charge in [0, 0.05) is 0 Å².